The highest BCUT2D eigenvalue weighted by Gasteiger charge is 2.19. The number of halogens is 2. The van der Waals surface area contributed by atoms with Gasteiger partial charge < -0.3 is 10.4 Å². The summed E-state index contributed by atoms with van der Waals surface area (Å²) in [5, 5.41) is 13.2. The monoisotopic (exact) mass is 421 g/mol. The highest BCUT2D eigenvalue weighted by atomic mass is 19.1. The van der Waals surface area contributed by atoms with E-state index in [9.17, 15) is 23.5 Å². The molecule has 4 rings (SSSR count). The Morgan fingerprint density at radius 1 is 1.00 bits per heavy atom. The molecule has 0 unspecified atom stereocenters. The standard InChI is InChI=1S/C23H17F2N3O3/c1-28-21(14-4-8-16(25)9-5-14)27-18-11-10-17(20(29)19(18)23(28)31)22(30)26-12-13-2-6-15(24)7-3-13/h2-11,29H,12H2,1H3,(H,26,30). The summed E-state index contributed by atoms with van der Waals surface area (Å²) < 4.78 is 27.5. The number of phenols is 1. The molecule has 6 nitrogen and oxygen atoms in total. The fraction of sp³-hybridized carbons (Fsp3) is 0.0870. The van der Waals surface area contributed by atoms with Crippen molar-refractivity contribution >= 4 is 16.8 Å². The molecule has 31 heavy (non-hydrogen) atoms. The van der Waals surface area contributed by atoms with Crippen molar-refractivity contribution in [1.29, 1.82) is 0 Å². The van der Waals surface area contributed by atoms with Crippen LogP contribution in [0.15, 0.2) is 65.5 Å². The quantitative estimate of drug-likeness (QED) is 0.528. The lowest BCUT2D eigenvalue weighted by Crippen LogP contribution is -2.24. The molecule has 1 aromatic heterocycles. The van der Waals surface area contributed by atoms with Gasteiger partial charge in [0.05, 0.1) is 11.1 Å². The number of carbonyl (C=O) groups excluding carboxylic acids is 1. The Bertz CT molecular complexity index is 1350. The van der Waals surface area contributed by atoms with Crippen LogP contribution in [-0.2, 0) is 13.6 Å². The molecule has 0 bridgehead atoms. The maximum absolute atomic E-state index is 13.2. The van der Waals surface area contributed by atoms with Crippen molar-refractivity contribution in [2.75, 3.05) is 0 Å². The third-order valence-electron chi connectivity index (χ3n) is 4.93. The fourth-order valence-corrected chi connectivity index (χ4v) is 3.26. The molecule has 0 spiro atoms. The van der Waals surface area contributed by atoms with Gasteiger partial charge in [0, 0.05) is 19.2 Å². The number of phenolic OH excluding ortho intramolecular Hbond substituents is 1. The first kappa shape index (κ1) is 20.2. The smallest absolute Gasteiger partial charge is 0.265 e. The van der Waals surface area contributed by atoms with E-state index in [1.807, 2.05) is 0 Å². The molecule has 1 amide bonds. The second-order valence-corrected chi connectivity index (χ2v) is 6.97. The molecule has 3 aromatic carbocycles. The van der Waals surface area contributed by atoms with Crippen molar-refractivity contribution in [3.63, 3.8) is 0 Å². The molecular formula is C23H17F2N3O3. The summed E-state index contributed by atoms with van der Waals surface area (Å²) in [7, 11) is 1.48. The van der Waals surface area contributed by atoms with Crippen molar-refractivity contribution in [3.8, 4) is 17.1 Å². The first-order valence-corrected chi connectivity index (χ1v) is 9.36. The summed E-state index contributed by atoms with van der Waals surface area (Å²) in [6, 6.07) is 14.0. The van der Waals surface area contributed by atoms with Crippen LogP contribution in [0, 0.1) is 11.6 Å². The maximum Gasteiger partial charge on any atom is 0.265 e. The molecule has 0 aliphatic carbocycles. The van der Waals surface area contributed by atoms with Crippen LogP contribution >= 0.6 is 0 Å². The number of nitrogens with one attached hydrogen (secondary N) is 1. The Morgan fingerprint density at radius 3 is 2.26 bits per heavy atom. The number of aromatic hydroxyl groups is 1. The molecule has 156 valence electrons. The zero-order valence-electron chi connectivity index (χ0n) is 16.4. The van der Waals surface area contributed by atoms with Crippen LogP contribution in [0.25, 0.3) is 22.3 Å². The Balaban J connectivity index is 1.70. The average molecular weight is 421 g/mol. The molecule has 0 aliphatic heterocycles. The van der Waals surface area contributed by atoms with E-state index in [4.69, 9.17) is 0 Å². The normalized spacial score (nSPS) is 10.9. The number of rotatable bonds is 4. The van der Waals surface area contributed by atoms with Gasteiger partial charge in [0.25, 0.3) is 11.5 Å². The summed E-state index contributed by atoms with van der Waals surface area (Å²) in [6.45, 7) is 0.121. The largest absolute Gasteiger partial charge is 0.506 e. The molecule has 0 aliphatic rings. The molecule has 0 saturated heterocycles. The van der Waals surface area contributed by atoms with Crippen LogP contribution in [0.4, 0.5) is 8.78 Å². The van der Waals surface area contributed by atoms with E-state index in [-0.39, 0.29) is 28.8 Å². The third kappa shape index (κ3) is 3.87. The molecule has 8 heteroatoms. The highest BCUT2D eigenvalue weighted by Crippen LogP contribution is 2.27. The second-order valence-electron chi connectivity index (χ2n) is 6.97. The van der Waals surface area contributed by atoms with E-state index in [0.29, 0.717) is 17.0 Å². The van der Waals surface area contributed by atoms with E-state index < -0.39 is 23.0 Å². The predicted molar refractivity (Wildman–Crippen MR) is 112 cm³/mol. The maximum atomic E-state index is 13.2. The van der Waals surface area contributed by atoms with Crippen molar-refractivity contribution in [2.45, 2.75) is 6.54 Å². The lowest BCUT2D eigenvalue weighted by Gasteiger charge is -2.12. The number of benzene rings is 3. The minimum atomic E-state index is -0.589. The van der Waals surface area contributed by atoms with Crippen molar-refractivity contribution in [1.82, 2.24) is 14.9 Å². The topological polar surface area (TPSA) is 84.2 Å². The van der Waals surface area contributed by atoms with Gasteiger partial charge in [-0.3, -0.25) is 14.2 Å². The number of aromatic nitrogens is 2. The van der Waals surface area contributed by atoms with Crippen LogP contribution in [0.5, 0.6) is 5.75 Å². The van der Waals surface area contributed by atoms with Gasteiger partial charge in [-0.2, -0.15) is 0 Å². The second kappa shape index (κ2) is 7.98. The minimum Gasteiger partial charge on any atom is -0.506 e. The van der Waals surface area contributed by atoms with Crippen molar-refractivity contribution in [2.24, 2.45) is 7.05 Å². The highest BCUT2D eigenvalue weighted by molar-refractivity contribution is 6.02. The molecule has 4 aromatic rings. The molecule has 0 saturated carbocycles. The summed E-state index contributed by atoms with van der Waals surface area (Å²) >= 11 is 0. The number of amides is 1. The molecule has 0 fully saturated rings. The van der Waals surface area contributed by atoms with Gasteiger partial charge in [-0.15, -0.1) is 0 Å². The van der Waals surface area contributed by atoms with Gasteiger partial charge in [-0.05, 0) is 54.1 Å². The number of carbonyl (C=O) groups is 1. The van der Waals surface area contributed by atoms with Crippen molar-refractivity contribution in [3.05, 3.63) is 93.8 Å². The lowest BCUT2D eigenvalue weighted by atomic mass is 10.1. The molecule has 2 N–H and O–H groups in total. The summed E-state index contributed by atoms with van der Waals surface area (Å²) in [5.41, 5.74) is 0.785. The van der Waals surface area contributed by atoms with E-state index >= 15 is 0 Å². The molecule has 0 radical (unpaired) electrons. The van der Waals surface area contributed by atoms with Crippen LogP contribution < -0.4 is 10.9 Å². The van der Waals surface area contributed by atoms with Crippen LogP contribution in [0.3, 0.4) is 0 Å². The van der Waals surface area contributed by atoms with Crippen LogP contribution in [0.2, 0.25) is 0 Å². The van der Waals surface area contributed by atoms with Gasteiger partial charge in [0.15, 0.2) is 0 Å². The lowest BCUT2D eigenvalue weighted by molar-refractivity contribution is 0.0948. The summed E-state index contributed by atoms with van der Waals surface area (Å²) in [5.74, 6) is -1.57. The Hall–Kier alpha value is -4.07. The van der Waals surface area contributed by atoms with E-state index in [0.717, 1.165) is 0 Å². The summed E-state index contributed by atoms with van der Waals surface area (Å²) in [6.07, 6.45) is 0. The van der Waals surface area contributed by atoms with Gasteiger partial charge in [0.1, 0.15) is 28.6 Å². The number of nitrogens with zero attached hydrogens (tertiary/aromatic N) is 2. The first-order chi connectivity index (χ1) is 14.8. The first-order valence-electron chi connectivity index (χ1n) is 9.36. The minimum absolute atomic E-state index is 0.0805. The third-order valence-corrected chi connectivity index (χ3v) is 4.93. The number of hydrogen-bond donors (Lipinski definition) is 2. The number of hydrogen-bond acceptors (Lipinski definition) is 4. The van der Waals surface area contributed by atoms with Gasteiger partial charge in [0.2, 0.25) is 0 Å². The van der Waals surface area contributed by atoms with Gasteiger partial charge in [-0.25, -0.2) is 13.8 Å². The van der Waals surface area contributed by atoms with E-state index in [1.165, 1.54) is 72.3 Å². The van der Waals surface area contributed by atoms with Crippen LogP contribution in [-0.4, -0.2) is 20.6 Å². The Morgan fingerprint density at radius 2 is 1.61 bits per heavy atom. The van der Waals surface area contributed by atoms with Crippen molar-refractivity contribution < 1.29 is 18.7 Å². The predicted octanol–water partition coefficient (Wildman–Crippen LogP) is 3.51. The number of fused-ring (bicyclic) bond motifs is 1. The average Bonchev–Trinajstić information content (AvgIpc) is 2.76. The molecule has 1 heterocycles. The van der Waals surface area contributed by atoms with Gasteiger partial charge >= 0.3 is 0 Å². The van der Waals surface area contributed by atoms with E-state index in [1.54, 1.807) is 0 Å². The Labute approximate surface area is 175 Å². The molecular weight excluding hydrogens is 404 g/mol. The zero-order valence-corrected chi connectivity index (χ0v) is 16.4. The zero-order chi connectivity index (χ0) is 22.1. The SMILES string of the molecule is Cn1c(-c2ccc(F)cc2)nc2ccc(C(=O)NCc3ccc(F)cc3)c(O)c2c1=O. The Kier molecular flexibility index (Phi) is 5.21. The fourth-order valence-electron chi connectivity index (χ4n) is 3.26. The molecule has 0 atom stereocenters. The summed E-state index contributed by atoms with van der Waals surface area (Å²) in [4.78, 5) is 29.9. The van der Waals surface area contributed by atoms with E-state index in [2.05, 4.69) is 10.3 Å². The van der Waals surface area contributed by atoms with Crippen LogP contribution in [0.1, 0.15) is 15.9 Å². The van der Waals surface area contributed by atoms with Gasteiger partial charge in [-0.1, -0.05) is 12.1 Å².